The van der Waals surface area contributed by atoms with Crippen LogP contribution >= 0.6 is 0 Å². The zero-order chi connectivity index (χ0) is 26.2. The summed E-state index contributed by atoms with van der Waals surface area (Å²) in [4.78, 5) is 40.4. The molecule has 4 heterocycles. The molecule has 8 nitrogen and oxygen atoms in total. The number of piperidine rings is 1. The van der Waals surface area contributed by atoms with Crippen LogP contribution in [0.3, 0.4) is 0 Å². The first-order valence-electron chi connectivity index (χ1n) is 13.5. The first kappa shape index (κ1) is 25.6. The summed E-state index contributed by atoms with van der Waals surface area (Å²) in [6, 6.07) is 9.87. The topological polar surface area (TPSA) is 87.7 Å². The number of methoxy groups -OCH3 is 1. The Morgan fingerprint density at radius 2 is 1.89 bits per heavy atom. The van der Waals surface area contributed by atoms with Gasteiger partial charge in [0.1, 0.15) is 17.3 Å². The van der Waals surface area contributed by atoms with E-state index in [2.05, 4.69) is 35.2 Å². The molecule has 5 rings (SSSR count). The van der Waals surface area contributed by atoms with E-state index in [1.165, 1.54) is 0 Å². The minimum Gasteiger partial charge on any atom is -0.496 e. The molecule has 2 amide bonds. The number of amides is 2. The number of nitrogens with zero attached hydrogens (tertiary/aromatic N) is 4. The molecule has 2 atom stereocenters. The summed E-state index contributed by atoms with van der Waals surface area (Å²) in [5.41, 5.74) is 1.83. The van der Waals surface area contributed by atoms with E-state index in [1.54, 1.807) is 7.11 Å². The summed E-state index contributed by atoms with van der Waals surface area (Å²) in [7, 11) is 3.82. The van der Waals surface area contributed by atoms with Crippen LogP contribution in [0.1, 0.15) is 78.9 Å². The van der Waals surface area contributed by atoms with Crippen LogP contribution < -0.4 is 10.1 Å². The predicted octanol–water partition coefficient (Wildman–Crippen LogP) is 3.45. The Kier molecular flexibility index (Phi) is 6.96. The maximum Gasteiger partial charge on any atom is 0.272 e. The molecule has 1 N–H and O–H groups in total. The summed E-state index contributed by atoms with van der Waals surface area (Å²) in [6.45, 7) is 7.10. The fraction of sp³-hybridized carbons (Fsp3) is 0.586. The lowest BCUT2D eigenvalue weighted by atomic mass is 9.77. The van der Waals surface area contributed by atoms with Crippen molar-refractivity contribution in [2.45, 2.75) is 69.2 Å². The van der Waals surface area contributed by atoms with Gasteiger partial charge in [-0.15, -0.1) is 0 Å². The number of hydrogen-bond donors (Lipinski definition) is 1. The van der Waals surface area contributed by atoms with Crippen LogP contribution in [-0.2, 0) is 10.2 Å². The number of rotatable bonds is 4. The number of hydrogen-bond acceptors (Lipinski definition) is 6. The molecule has 1 aromatic carbocycles. The maximum atomic E-state index is 14.0. The van der Waals surface area contributed by atoms with Gasteiger partial charge < -0.3 is 19.9 Å². The fourth-order valence-electron chi connectivity index (χ4n) is 6.44. The molecule has 1 aromatic heterocycles. The quantitative estimate of drug-likeness (QED) is 0.685. The van der Waals surface area contributed by atoms with Gasteiger partial charge in [-0.2, -0.15) is 0 Å². The molecule has 3 fully saturated rings. The lowest BCUT2D eigenvalue weighted by Gasteiger charge is -2.37. The number of aryl methyl sites for hydroxylation is 1. The second kappa shape index (κ2) is 10.0. The molecular formula is C29H39N5O3. The van der Waals surface area contributed by atoms with Gasteiger partial charge >= 0.3 is 0 Å². The van der Waals surface area contributed by atoms with Crippen molar-refractivity contribution in [3.8, 4) is 5.75 Å². The Morgan fingerprint density at radius 3 is 2.65 bits per heavy atom. The molecule has 37 heavy (non-hydrogen) atoms. The van der Waals surface area contributed by atoms with E-state index < -0.39 is 5.54 Å². The van der Waals surface area contributed by atoms with Crippen molar-refractivity contribution in [1.82, 2.24) is 25.1 Å². The molecule has 0 bridgehead atoms. The molecule has 0 saturated carbocycles. The van der Waals surface area contributed by atoms with Gasteiger partial charge in [0.25, 0.3) is 5.91 Å². The normalized spacial score (nSPS) is 26.1. The highest BCUT2D eigenvalue weighted by Crippen LogP contribution is 2.44. The van der Waals surface area contributed by atoms with E-state index in [1.807, 2.05) is 36.1 Å². The van der Waals surface area contributed by atoms with E-state index in [9.17, 15) is 9.59 Å². The minimum absolute atomic E-state index is 0.0575. The second-order valence-corrected chi connectivity index (χ2v) is 11.4. The Morgan fingerprint density at radius 1 is 1.14 bits per heavy atom. The van der Waals surface area contributed by atoms with E-state index in [0.717, 1.165) is 62.2 Å². The molecule has 2 aromatic rings. The molecule has 0 aliphatic carbocycles. The van der Waals surface area contributed by atoms with Crippen LogP contribution in [0.5, 0.6) is 5.75 Å². The monoisotopic (exact) mass is 505 g/mol. The highest BCUT2D eigenvalue weighted by Gasteiger charge is 2.51. The molecular weight excluding hydrogens is 466 g/mol. The number of carbonyl (C=O) groups is 2. The van der Waals surface area contributed by atoms with Crippen molar-refractivity contribution in [2.24, 2.45) is 0 Å². The van der Waals surface area contributed by atoms with E-state index >= 15 is 0 Å². The van der Waals surface area contributed by atoms with E-state index in [0.29, 0.717) is 31.0 Å². The number of carbonyl (C=O) groups excluding carboxylic acids is 2. The second-order valence-electron chi connectivity index (χ2n) is 11.4. The Labute approximate surface area is 219 Å². The summed E-state index contributed by atoms with van der Waals surface area (Å²) < 4.78 is 5.71. The number of nitrogens with one attached hydrogen (secondary N) is 1. The first-order chi connectivity index (χ1) is 17.7. The zero-order valence-electron chi connectivity index (χ0n) is 22.5. The van der Waals surface area contributed by atoms with Gasteiger partial charge in [-0.3, -0.25) is 9.59 Å². The Bertz CT molecular complexity index is 1180. The molecule has 0 radical (unpaired) electrons. The van der Waals surface area contributed by atoms with Crippen molar-refractivity contribution in [2.75, 3.05) is 40.3 Å². The van der Waals surface area contributed by atoms with Gasteiger partial charge in [-0.25, -0.2) is 9.97 Å². The highest BCUT2D eigenvalue weighted by molar-refractivity contribution is 5.93. The molecule has 198 valence electrons. The third-order valence-corrected chi connectivity index (χ3v) is 8.78. The summed E-state index contributed by atoms with van der Waals surface area (Å²) in [5.74, 6) is 1.30. The van der Waals surface area contributed by atoms with Crippen molar-refractivity contribution in [3.63, 3.8) is 0 Å². The van der Waals surface area contributed by atoms with Gasteiger partial charge in [-0.1, -0.05) is 31.5 Å². The lowest BCUT2D eigenvalue weighted by molar-refractivity contribution is -0.122. The van der Waals surface area contributed by atoms with Gasteiger partial charge in [0, 0.05) is 36.4 Å². The van der Waals surface area contributed by atoms with Crippen molar-refractivity contribution in [1.29, 1.82) is 0 Å². The number of ether oxygens (including phenoxy) is 1. The van der Waals surface area contributed by atoms with Crippen LogP contribution in [0.15, 0.2) is 30.3 Å². The summed E-state index contributed by atoms with van der Waals surface area (Å²) >= 11 is 0. The van der Waals surface area contributed by atoms with Gasteiger partial charge in [0.05, 0.1) is 18.3 Å². The largest absolute Gasteiger partial charge is 0.496 e. The average molecular weight is 506 g/mol. The third kappa shape index (κ3) is 4.96. The molecule has 0 unspecified atom stereocenters. The van der Waals surface area contributed by atoms with Crippen LogP contribution in [-0.4, -0.2) is 77.5 Å². The molecule has 1 spiro atoms. The summed E-state index contributed by atoms with van der Waals surface area (Å²) in [5, 5.41) is 3.35. The highest BCUT2D eigenvalue weighted by atomic mass is 16.5. The average Bonchev–Trinajstić information content (AvgIpc) is 3.14. The smallest absolute Gasteiger partial charge is 0.272 e. The van der Waals surface area contributed by atoms with Crippen LogP contribution in [0.25, 0.3) is 0 Å². The van der Waals surface area contributed by atoms with Crippen LogP contribution in [0.4, 0.5) is 0 Å². The van der Waals surface area contributed by atoms with Gasteiger partial charge in [-0.05, 0) is 64.9 Å². The first-order valence-corrected chi connectivity index (χ1v) is 13.5. The number of para-hydroxylation sites is 1. The van der Waals surface area contributed by atoms with Gasteiger partial charge in [0.15, 0.2) is 0 Å². The fourth-order valence-corrected chi connectivity index (χ4v) is 6.44. The van der Waals surface area contributed by atoms with E-state index in [-0.39, 0.29) is 23.1 Å². The van der Waals surface area contributed by atoms with Gasteiger partial charge in [0.2, 0.25) is 5.91 Å². The van der Waals surface area contributed by atoms with Crippen molar-refractivity contribution >= 4 is 11.8 Å². The maximum absolute atomic E-state index is 14.0. The Hall–Kier alpha value is -3.00. The molecule has 3 aliphatic rings. The third-order valence-electron chi connectivity index (χ3n) is 8.78. The number of likely N-dealkylation sites (tertiary alicyclic amines) is 2. The zero-order valence-corrected chi connectivity index (χ0v) is 22.5. The van der Waals surface area contributed by atoms with Crippen LogP contribution in [0.2, 0.25) is 0 Å². The summed E-state index contributed by atoms with van der Waals surface area (Å²) in [6.07, 6.45) is 5.16. The van der Waals surface area contributed by atoms with Crippen molar-refractivity contribution in [3.05, 3.63) is 53.1 Å². The minimum atomic E-state index is -0.525. The number of aromatic nitrogens is 2. The predicted molar refractivity (Wildman–Crippen MR) is 142 cm³/mol. The van der Waals surface area contributed by atoms with Crippen molar-refractivity contribution < 1.29 is 14.3 Å². The van der Waals surface area contributed by atoms with E-state index in [4.69, 9.17) is 9.72 Å². The number of benzene rings is 1. The molecule has 8 heteroatoms. The Balaban J connectivity index is 1.49. The SMILES string of the molecule is COc1ccccc1[C@@H]1CN(C(=O)c2cc(C3(C)CCN(C)CC3)nc(C)n2)C[C@]12CCCCC(=O)N2. The molecule has 3 aliphatic heterocycles. The van der Waals surface area contributed by atoms with Crippen LogP contribution in [0, 0.1) is 6.92 Å². The lowest BCUT2D eigenvalue weighted by Crippen LogP contribution is -2.53. The standard InChI is InChI=1S/C29H39N5O3/c1-20-30-23(17-25(31-20)28(2)13-15-33(3)16-14-28)27(36)34-18-22(21-9-5-6-10-24(21)37-4)29(19-34)12-8-7-11-26(35)32-29/h5-6,9-10,17,22H,7-8,11-16,18-19H2,1-4H3,(H,32,35)/t22-,29+/m0/s1. The molecule has 3 saturated heterocycles.